The molecule has 0 spiro atoms. The minimum atomic E-state index is 0.763. The van der Waals surface area contributed by atoms with Crippen LogP contribution in [0.25, 0.3) is 11.3 Å². The molecule has 0 saturated carbocycles. The maximum atomic E-state index is 6.12. The number of aryl methyl sites for hydroxylation is 2. The van der Waals surface area contributed by atoms with E-state index in [9.17, 15) is 0 Å². The molecule has 1 heterocycles. The quantitative estimate of drug-likeness (QED) is 0.701. The van der Waals surface area contributed by atoms with Gasteiger partial charge in [-0.2, -0.15) is 5.10 Å². The topological polar surface area (TPSA) is 17.8 Å². The Kier molecular flexibility index (Phi) is 2.30. The van der Waals surface area contributed by atoms with Gasteiger partial charge in [-0.15, -0.1) is 0 Å². The van der Waals surface area contributed by atoms with Gasteiger partial charge in [-0.25, -0.2) is 0 Å². The van der Waals surface area contributed by atoms with Gasteiger partial charge in [0.25, 0.3) is 0 Å². The standard InChI is InChI=1S/C11H11ClN2/c1-8-7-13-14(2)11(8)9-5-3-4-6-10(9)12/h3-7H,1-2H3. The maximum Gasteiger partial charge on any atom is 0.0723 e. The Bertz CT molecular complexity index is 441. The summed E-state index contributed by atoms with van der Waals surface area (Å²) in [6, 6.07) is 7.81. The Balaban J connectivity index is 2.66. The van der Waals surface area contributed by atoms with Gasteiger partial charge in [-0.1, -0.05) is 29.8 Å². The van der Waals surface area contributed by atoms with Crippen molar-refractivity contribution in [3.05, 3.63) is 41.0 Å². The van der Waals surface area contributed by atoms with Gasteiger partial charge in [-0.3, -0.25) is 4.68 Å². The summed E-state index contributed by atoms with van der Waals surface area (Å²) in [6.07, 6.45) is 1.85. The number of rotatable bonds is 1. The van der Waals surface area contributed by atoms with E-state index in [1.807, 2.05) is 49.1 Å². The van der Waals surface area contributed by atoms with E-state index >= 15 is 0 Å². The van der Waals surface area contributed by atoms with Crippen LogP contribution in [0.5, 0.6) is 0 Å². The van der Waals surface area contributed by atoms with Crippen molar-refractivity contribution in [2.75, 3.05) is 0 Å². The lowest BCUT2D eigenvalue weighted by molar-refractivity contribution is 0.775. The average molecular weight is 207 g/mol. The summed E-state index contributed by atoms with van der Waals surface area (Å²) < 4.78 is 1.84. The van der Waals surface area contributed by atoms with E-state index < -0.39 is 0 Å². The molecule has 1 aromatic carbocycles. The Morgan fingerprint density at radius 1 is 1.29 bits per heavy atom. The van der Waals surface area contributed by atoms with Gasteiger partial charge in [0, 0.05) is 17.6 Å². The van der Waals surface area contributed by atoms with Crippen LogP contribution >= 0.6 is 11.6 Å². The highest BCUT2D eigenvalue weighted by molar-refractivity contribution is 6.33. The number of benzene rings is 1. The van der Waals surface area contributed by atoms with Crippen molar-refractivity contribution in [3.63, 3.8) is 0 Å². The molecular formula is C11H11ClN2. The van der Waals surface area contributed by atoms with Crippen molar-refractivity contribution in [1.29, 1.82) is 0 Å². The minimum absolute atomic E-state index is 0.763. The van der Waals surface area contributed by atoms with E-state index in [0.29, 0.717) is 0 Å². The molecule has 14 heavy (non-hydrogen) atoms. The molecule has 0 unspecified atom stereocenters. The largest absolute Gasteiger partial charge is 0.268 e. The Morgan fingerprint density at radius 2 is 2.00 bits per heavy atom. The second-order valence-electron chi connectivity index (χ2n) is 3.28. The van der Waals surface area contributed by atoms with Crippen LogP contribution in [-0.2, 0) is 7.05 Å². The van der Waals surface area contributed by atoms with Crippen LogP contribution in [0.4, 0.5) is 0 Å². The third-order valence-corrected chi connectivity index (χ3v) is 2.58. The highest BCUT2D eigenvalue weighted by Gasteiger charge is 2.09. The first-order valence-electron chi connectivity index (χ1n) is 4.43. The minimum Gasteiger partial charge on any atom is -0.268 e. The number of hydrogen-bond donors (Lipinski definition) is 0. The van der Waals surface area contributed by atoms with E-state index in [-0.39, 0.29) is 0 Å². The van der Waals surface area contributed by atoms with Crippen molar-refractivity contribution in [3.8, 4) is 11.3 Å². The molecule has 2 rings (SSSR count). The van der Waals surface area contributed by atoms with Crippen molar-refractivity contribution >= 4 is 11.6 Å². The molecule has 0 atom stereocenters. The molecule has 3 heteroatoms. The Labute approximate surface area is 88.1 Å². The summed E-state index contributed by atoms with van der Waals surface area (Å²) in [5.74, 6) is 0. The van der Waals surface area contributed by atoms with Gasteiger partial charge in [0.2, 0.25) is 0 Å². The smallest absolute Gasteiger partial charge is 0.0723 e. The van der Waals surface area contributed by atoms with Crippen molar-refractivity contribution < 1.29 is 0 Å². The zero-order chi connectivity index (χ0) is 10.1. The molecule has 2 nitrogen and oxygen atoms in total. The summed E-state index contributed by atoms with van der Waals surface area (Å²) >= 11 is 6.12. The molecule has 72 valence electrons. The second kappa shape index (κ2) is 3.46. The predicted octanol–water partition coefficient (Wildman–Crippen LogP) is 3.05. The SMILES string of the molecule is Cc1cnn(C)c1-c1ccccc1Cl. The number of nitrogens with zero attached hydrogens (tertiary/aromatic N) is 2. The number of halogens is 1. The average Bonchev–Trinajstić information content (AvgIpc) is 2.48. The van der Waals surface area contributed by atoms with Crippen LogP contribution in [0.3, 0.4) is 0 Å². The number of hydrogen-bond acceptors (Lipinski definition) is 1. The molecule has 0 amide bonds. The predicted molar refractivity (Wildman–Crippen MR) is 58.4 cm³/mol. The lowest BCUT2D eigenvalue weighted by Crippen LogP contribution is -1.94. The molecule has 2 aromatic rings. The van der Waals surface area contributed by atoms with Gasteiger partial charge in [-0.05, 0) is 18.6 Å². The van der Waals surface area contributed by atoms with Gasteiger partial charge in [0.05, 0.1) is 11.9 Å². The van der Waals surface area contributed by atoms with Gasteiger partial charge in [0.15, 0.2) is 0 Å². The molecule has 0 fully saturated rings. The van der Waals surface area contributed by atoms with E-state index in [1.165, 1.54) is 0 Å². The van der Waals surface area contributed by atoms with Crippen LogP contribution < -0.4 is 0 Å². The fraction of sp³-hybridized carbons (Fsp3) is 0.182. The van der Waals surface area contributed by atoms with Crippen molar-refractivity contribution in [2.24, 2.45) is 7.05 Å². The lowest BCUT2D eigenvalue weighted by atomic mass is 10.1. The van der Waals surface area contributed by atoms with Crippen molar-refractivity contribution in [2.45, 2.75) is 6.92 Å². The maximum absolute atomic E-state index is 6.12. The molecule has 0 saturated heterocycles. The Hall–Kier alpha value is -1.28. The third kappa shape index (κ3) is 1.42. The third-order valence-electron chi connectivity index (χ3n) is 2.25. The molecule has 1 aromatic heterocycles. The molecule has 0 aliphatic rings. The summed E-state index contributed by atoms with van der Waals surface area (Å²) in [7, 11) is 1.92. The zero-order valence-electron chi connectivity index (χ0n) is 8.16. The van der Waals surface area contributed by atoms with Crippen LogP contribution in [0.2, 0.25) is 5.02 Å². The molecule has 0 N–H and O–H groups in total. The summed E-state index contributed by atoms with van der Waals surface area (Å²) in [4.78, 5) is 0. The summed E-state index contributed by atoms with van der Waals surface area (Å²) in [5.41, 5.74) is 3.25. The van der Waals surface area contributed by atoms with Gasteiger partial charge >= 0.3 is 0 Å². The molecule has 0 aliphatic heterocycles. The first-order valence-corrected chi connectivity index (χ1v) is 4.81. The van der Waals surface area contributed by atoms with Gasteiger partial charge in [0.1, 0.15) is 0 Å². The van der Waals surface area contributed by atoms with Gasteiger partial charge < -0.3 is 0 Å². The van der Waals surface area contributed by atoms with E-state index in [4.69, 9.17) is 11.6 Å². The second-order valence-corrected chi connectivity index (χ2v) is 3.69. The first-order chi connectivity index (χ1) is 6.70. The Morgan fingerprint density at radius 3 is 2.57 bits per heavy atom. The van der Waals surface area contributed by atoms with Crippen LogP contribution in [0.15, 0.2) is 30.5 Å². The van der Waals surface area contributed by atoms with E-state index in [2.05, 4.69) is 5.10 Å². The summed E-state index contributed by atoms with van der Waals surface area (Å²) in [6.45, 7) is 2.03. The molecule has 0 bridgehead atoms. The molecule has 0 radical (unpaired) electrons. The van der Waals surface area contributed by atoms with Crippen LogP contribution in [-0.4, -0.2) is 9.78 Å². The van der Waals surface area contributed by atoms with E-state index in [1.54, 1.807) is 0 Å². The normalized spacial score (nSPS) is 10.5. The van der Waals surface area contributed by atoms with Crippen LogP contribution in [0.1, 0.15) is 5.56 Å². The van der Waals surface area contributed by atoms with Crippen LogP contribution in [0, 0.1) is 6.92 Å². The monoisotopic (exact) mass is 206 g/mol. The zero-order valence-corrected chi connectivity index (χ0v) is 8.92. The molecular weight excluding hydrogens is 196 g/mol. The highest BCUT2D eigenvalue weighted by atomic mass is 35.5. The van der Waals surface area contributed by atoms with E-state index in [0.717, 1.165) is 21.8 Å². The van der Waals surface area contributed by atoms with Crippen molar-refractivity contribution in [1.82, 2.24) is 9.78 Å². The first kappa shape index (κ1) is 9.28. The molecule has 0 aliphatic carbocycles. The summed E-state index contributed by atoms with van der Waals surface area (Å²) in [5, 5.41) is 4.95. The number of aromatic nitrogens is 2. The fourth-order valence-electron chi connectivity index (χ4n) is 1.59. The lowest BCUT2D eigenvalue weighted by Gasteiger charge is -2.05. The highest BCUT2D eigenvalue weighted by Crippen LogP contribution is 2.29. The fourth-order valence-corrected chi connectivity index (χ4v) is 1.81.